The smallest absolute Gasteiger partial charge is 0.148 e. The van der Waals surface area contributed by atoms with Crippen molar-refractivity contribution in [2.24, 2.45) is 0 Å². The van der Waals surface area contributed by atoms with E-state index in [-0.39, 0.29) is 5.75 Å². The number of aryl methyl sites for hydroxylation is 1. The normalized spacial score (nSPS) is 10.9. The molecule has 0 atom stereocenters. The number of benzene rings is 1. The molecule has 0 aliphatic rings. The van der Waals surface area contributed by atoms with Crippen LogP contribution in [0, 0.1) is 6.92 Å². The molecule has 2 nitrogen and oxygen atoms in total. The van der Waals surface area contributed by atoms with E-state index < -0.39 is 0 Å². The van der Waals surface area contributed by atoms with Crippen molar-refractivity contribution in [2.75, 3.05) is 0 Å². The molecule has 86 valence electrons. The summed E-state index contributed by atoms with van der Waals surface area (Å²) in [6, 6.07) is 13.5. The first kappa shape index (κ1) is 11.7. The van der Waals surface area contributed by atoms with Gasteiger partial charge in [-0.3, -0.25) is 0 Å². The molecular weight excluding hydrogens is 230 g/mol. The topological polar surface area (TPSA) is 33.1 Å². The van der Waals surface area contributed by atoms with E-state index in [1.165, 1.54) is 11.8 Å². The van der Waals surface area contributed by atoms with Crippen LogP contribution in [0.2, 0.25) is 0 Å². The van der Waals surface area contributed by atoms with Crippen LogP contribution in [0.3, 0.4) is 0 Å². The van der Waals surface area contributed by atoms with Crippen molar-refractivity contribution in [1.82, 2.24) is 4.98 Å². The van der Waals surface area contributed by atoms with Crippen LogP contribution < -0.4 is 0 Å². The minimum Gasteiger partial charge on any atom is -0.505 e. The van der Waals surface area contributed by atoms with Crippen molar-refractivity contribution in [3.63, 3.8) is 0 Å². The summed E-state index contributed by atoms with van der Waals surface area (Å²) in [5.41, 5.74) is 2.03. The van der Waals surface area contributed by atoms with E-state index in [0.29, 0.717) is 5.03 Å². The number of pyridine rings is 1. The maximum atomic E-state index is 9.61. The molecule has 0 spiro atoms. The van der Waals surface area contributed by atoms with Crippen molar-refractivity contribution < 1.29 is 5.11 Å². The highest BCUT2D eigenvalue weighted by molar-refractivity contribution is 8.02. The third kappa shape index (κ3) is 3.36. The van der Waals surface area contributed by atoms with Gasteiger partial charge in [0.25, 0.3) is 0 Å². The average molecular weight is 243 g/mol. The lowest BCUT2D eigenvalue weighted by atomic mass is 10.2. The second-order valence-electron chi connectivity index (χ2n) is 3.61. The zero-order chi connectivity index (χ0) is 12.1. The molecule has 2 aromatic rings. The predicted octanol–water partition coefficient (Wildman–Crippen LogP) is 3.86. The largest absolute Gasteiger partial charge is 0.505 e. The lowest BCUT2D eigenvalue weighted by molar-refractivity contribution is 0.456. The van der Waals surface area contributed by atoms with Gasteiger partial charge >= 0.3 is 0 Å². The highest BCUT2D eigenvalue weighted by Crippen LogP contribution is 2.27. The third-order valence-corrected chi connectivity index (χ3v) is 3.02. The van der Waals surface area contributed by atoms with E-state index in [1.54, 1.807) is 12.1 Å². The van der Waals surface area contributed by atoms with Gasteiger partial charge < -0.3 is 5.11 Å². The number of thioether (sulfide) groups is 1. The molecule has 1 N–H and O–H groups in total. The molecule has 2 rings (SSSR count). The molecule has 0 radical (unpaired) electrons. The highest BCUT2D eigenvalue weighted by Gasteiger charge is 2.01. The van der Waals surface area contributed by atoms with Crippen LogP contribution in [-0.2, 0) is 0 Å². The minimum atomic E-state index is 0.221. The summed E-state index contributed by atoms with van der Waals surface area (Å²) in [7, 11) is 0. The van der Waals surface area contributed by atoms with E-state index in [2.05, 4.69) is 4.98 Å². The molecule has 17 heavy (non-hydrogen) atoms. The summed E-state index contributed by atoms with van der Waals surface area (Å²) in [5, 5.41) is 12.2. The van der Waals surface area contributed by atoms with Crippen LogP contribution in [0.15, 0.2) is 52.9 Å². The van der Waals surface area contributed by atoms with Crippen molar-refractivity contribution in [3.8, 4) is 5.75 Å². The van der Waals surface area contributed by atoms with Gasteiger partial charge in [-0.1, -0.05) is 42.1 Å². The zero-order valence-electron chi connectivity index (χ0n) is 9.50. The summed E-state index contributed by atoms with van der Waals surface area (Å²) in [5.74, 6) is 0.221. The first-order chi connectivity index (χ1) is 8.25. The van der Waals surface area contributed by atoms with Gasteiger partial charge in [-0.15, -0.1) is 0 Å². The van der Waals surface area contributed by atoms with E-state index >= 15 is 0 Å². The summed E-state index contributed by atoms with van der Waals surface area (Å²) in [6.45, 7) is 1.91. The SMILES string of the molecule is Cc1ccc(O)c(SC=Cc2ccccc2)n1. The third-order valence-electron chi connectivity index (χ3n) is 2.22. The minimum absolute atomic E-state index is 0.221. The fourth-order valence-corrected chi connectivity index (χ4v) is 2.09. The standard InChI is InChI=1S/C14H13NOS/c1-11-7-8-13(16)14(15-11)17-10-9-12-5-3-2-4-6-12/h2-10,16H,1H3. The van der Waals surface area contributed by atoms with Gasteiger partial charge in [0.2, 0.25) is 0 Å². The number of nitrogens with zero attached hydrogens (tertiary/aromatic N) is 1. The maximum Gasteiger partial charge on any atom is 0.148 e. The van der Waals surface area contributed by atoms with Crippen molar-refractivity contribution >= 4 is 17.8 Å². The molecule has 0 aliphatic carbocycles. The van der Waals surface area contributed by atoms with E-state index in [1.807, 2.05) is 48.7 Å². The molecule has 1 aromatic heterocycles. The Morgan fingerprint density at radius 3 is 2.65 bits per heavy atom. The Morgan fingerprint density at radius 1 is 1.12 bits per heavy atom. The number of rotatable bonds is 3. The molecule has 1 heterocycles. The molecule has 0 unspecified atom stereocenters. The fraction of sp³-hybridized carbons (Fsp3) is 0.0714. The Morgan fingerprint density at radius 2 is 1.88 bits per heavy atom. The first-order valence-electron chi connectivity index (χ1n) is 5.30. The van der Waals surface area contributed by atoms with E-state index in [4.69, 9.17) is 0 Å². The molecule has 3 heteroatoms. The van der Waals surface area contributed by atoms with Crippen LogP contribution in [0.5, 0.6) is 5.75 Å². The van der Waals surface area contributed by atoms with Crippen LogP contribution >= 0.6 is 11.8 Å². The lowest BCUT2D eigenvalue weighted by Crippen LogP contribution is -1.83. The van der Waals surface area contributed by atoms with Gasteiger partial charge in [-0.25, -0.2) is 4.98 Å². The van der Waals surface area contributed by atoms with Crippen LogP contribution in [0.1, 0.15) is 11.3 Å². The molecule has 1 aromatic carbocycles. The van der Waals surface area contributed by atoms with Crippen LogP contribution in [0.25, 0.3) is 6.08 Å². The van der Waals surface area contributed by atoms with Gasteiger partial charge in [0, 0.05) is 5.69 Å². The Kier molecular flexibility index (Phi) is 3.83. The van der Waals surface area contributed by atoms with Crippen molar-refractivity contribution in [2.45, 2.75) is 11.9 Å². The molecular formula is C14H13NOS. The second kappa shape index (κ2) is 5.55. The number of aromatic nitrogens is 1. The summed E-state index contributed by atoms with van der Waals surface area (Å²) in [4.78, 5) is 4.27. The van der Waals surface area contributed by atoms with Gasteiger partial charge in [-0.05, 0) is 36.1 Å². The molecule has 0 amide bonds. The Labute approximate surface area is 105 Å². The highest BCUT2D eigenvalue weighted by atomic mass is 32.2. The monoisotopic (exact) mass is 243 g/mol. The summed E-state index contributed by atoms with van der Waals surface area (Å²) in [6.07, 6.45) is 1.99. The lowest BCUT2D eigenvalue weighted by Gasteiger charge is -2.00. The van der Waals surface area contributed by atoms with Gasteiger partial charge in [0.15, 0.2) is 0 Å². The van der Waals surface area contributed by atoms with Gasteiger partial charge in [-0.2, -0.15) is 0 Å². The second-order valence-corrected chi connectivity index (χ2v) is 4.50. The Bertz CT molecular complexity index is 523. The molecule has 0 fully saturated rings. The van der Waals surface area contributed by atoms with E-state index in [9.17, 15) is 5.11 Å². The molecule has 0 aliphatic heterocycles. The van der Waals surface area contributed by atoms with Gasteiger partial charge in [0.1, 0.15) is 10.8 Å². The van der Waals surface area contributed by atoms with Gasteiger partial charge in [0.05, 0.1) is 0 Å². The fourth-order valence-electron chi connectivity index (χ4n) is 1.35. The van der Waals surface area contributed by atoms with Crippen LogP contribution in [-0.4, -0.2) is 10.1 Å². The van der Waals surface area contributed by atoms with Crippen molar-refractivity contribution in [3.05, 3.63) is 59.1 Å². The van der Waals surface area contributed by atoms with Crippen molar-refractivity contribution in [1.29, 1.82) is 0 Å². The maximum absolute atomic E-state index is 9.61. The molecule has 0 saturated heterocycles. The Balaban J connectivity index is 2.07. The summed E-state index contributed by atoms with van der Waals surface area (Å²) >= 11 is 1.41. The summed E-state index contributed by atoms with van der Waals surface area (Å²) < 4.78 is 0. The average Bonchev–Trinajstić information content (AvgIpc) is 2.35. The predicted molar refractivity (Wildman–Crippen MR) is 72.0 cm³/mol. The molecule has 0 bridgehead atoms. The first-order valence-corrected chi connectivity index (χ1v) is 6.18. The molecule has 0 saturated carbocycles. The van der Waals surface area contributed by atoms with Crippen LogP contribution in [0.4, 0.5) is 0 Å². The number of aromatic hydroxyl groups is 1. The Hall–Kier alpha value is -1.74. The quantitative estimate of drug-likeness (QED) is 0.831. The zero-order valence-corrected chi connectivity index (χ0v) is 10.3. The number of hydrogen-bond acceptors (Lipinski definition) is 3. The van der Waals surface area contributed by atoms with E-state index in [0.717, 1.165) is 11.3 Å². The number of hydrogen-bond donors (Lipinski definition) is 1.